The minimum absolute atomic E-state index is 0.0798. The number of aromatic carboxylic acids is 1. The van der Waals surface area contributed by atoms with Gasteiger partial charge in [-0.1, -0.05) is 54.6 Å². The van der Waals surface area contributed by atoms with E-state index in [1.165, 1.54) is 17.3 Å². The molecule has 4 rings (SSSR count). The number of benzene rings is 2. The monoisotopic (exact) mass is 343 g/mol. The van der Waals surface area contributed by atoms with Crippen LogP contribution in [0.2, 0.25) is 0 Å². The molecule has 0 amide bonds. The fourth-order valence-corrected chi connectivity index (χ4v) is 3.73. The van der Waals surface area contributed by atoms with Crippen molar-refractivity contribution < 1.29 is 14.7 Å². The van der Waals surface area contributed by atoms with Crippen LogP contribution in [0.3, 0.4) is 0 Å². The highest BCUT2D eigenvalue weighted by molar-refractivity contribution is 6.14. The van der Waals surface area contributed by atoms with E-state index in [0.717, 1.165) is 18.4 Å². The van der Waals surface area contributed by atoms with Gasteiger partial charge in [-0.15, -0.1) is 0 Å². The smallest absolute Gasteiger partial charge is 0.355 e. The van der Waals surface area contributed by atoms with Crippen molar-refractivity contribution in [3.05, 3.63) is 100 Å². The molecule has 128 valence electrons. The topological polar surface area (TPSA) is 67.3 Å². The molecule has 1 aromatic heterocycles. The first kappa shape index (κ1) is 16.2. The van der Waals surface area contributed by atoms with Crippen molar-refractivity contribution in [2.24, 2.45) is 0 Å². The second-order valence-electron chi connectivity index (χ2n) is 6.50. The number of ketones is 1. The van der Waals surface area contributed by atoms with Gasteiger partial charge in [0.15, 0.2) is 11.5 Å². The lowest BCUT2D eigenvalue weighted by Crippen LogP contribution is -2.17. The number of carboxylic acids is 1. The first-order valence-corrected chi connectivity index (χ1v) is 8.54. The molecule has 0 spiro atoms. The highest BCUT2D eigenvalue weighted by Gasteiger charge is 2.30. The third kappa shape index (κ3) is 2.80. The Morgan fingerprint density at radius 3 is 2.12 bits per heavy atom. The Labute approximate surface area is 151 Å². The zero-order valence-corrected chi connectivity index (χ0v) is 14.1. The Morgan fingerprint density at radius 2 is 1.50 bits per heavy atom. The third-order valence-electron chi connectivity index (χ3n) is 4.94. The SMILES string of the molecule is O=C(O)c1nccc(C2Cc3ccccc3C2)c1C(=O)c1ccccc1. The number of hydrogen-bond donors (Lipinski definition) is 1. The third-order valence-corrected chi connectivity index (χ3v) is 4.94. The molecule has 1 aliphatic rings. The Balaban J connectivity index is 1.82. The Hall–Kier alpha value is -3.27. The maximum atomic E-state index is 13.1. The largest absolute Gasteiger partial charge is 0.476 e. The number of fused-ring (bicyclic) bond motifs is 1. The van der Waals surface area contributed by atoms with Crippen molar-refractivity contribution in [1.82, 2.24) is 4.98 Å². The molecule has 0 aliphatic heterocycles. The summed E-state index contributed by atoms with van der Waals surface area (Å²) in [5.41, 5.74) is 3.78. The van der Waals surface area contributed by atoms with E-state index in [1.807, 2.05) is 18.2 Å². The van der Waals surface area contributed by atoms with Crippen molar-refractivity contribution in [1.29, 1.82) is 0 Å². The van der Waals surface area contributed by atoms with Gasteiger partial charge in [0.2, 0.25) is 0 Å². The van der Waals surface area contributed by atoms with Crippen LogP contribution < -0.4 is 0 Å². The molecule has 1 aliphatic carbocycles. The molecular weight excluding hydrogens is 326 g/mol. The van der Waals surface area contributed by atoms with E-state index in [1.54, 1.807) is 30.3 Å². The molecule has 26 heavy (non-hydrogen) atoms. The minimum atomic E-state index is -1.18. The summed E-state index contributed by atoms with van der Waals surface area (Å²) in [7, 11) is 0. The highest BCUT2D eigenvalue weighted by Crippen LogP contribution is 2.36. The van der Waals surface area contributed by atoms with Crippen LogP contribution in [0.5, 0.6) is 0 Å². The number of hydrogen-bond acceptors (Lipinski definition) is 3. The van der Waals surface area contributed by atoms with Crippen molar-refractivity contribution >= 4 is 11.8 Å². The van der Waals surface area contributed by atoms with Gasteiger partial charge >= 0.3 is 5.97 Å². The lowest BCUT2D eigenvalue weighted by Gasteiger charge is -2.16. The molecule has 0 saturated carbocycles. The number of carboxylic acid groups (broad SMARTS) is 1. The van der Waals surface area contributed by atoms with E-state index in [9.17, 15) is 14.7 Å². The summed E-state index contributed by atoms with van der Waals surface area (Å²) in [5, 5.41) is 9.59. The molecular formula is C22H17NO3. The number of rotatable bonds is 4. The molecule has 4 nitrogen and oxygen atoms in total. The number of nitrogens with zero attached hydrogens (tertiary/aromatic N) is 1. The maximum absolute atomic E-state index is 13.1. The fraction of sp³-hybridized carbons (Fsp3) is 0.136. The van der Waals surface area contributed by atoms with Crippen molar-refractivity contribution in [2.45, 2.75) is 18.8 Å². The van der Waals surface area contributed by atoms with E-state index in [4.69, 9.17) is 0 Å². The van der Waals surface area contributed by atoms with Crippen LogP contribution in [0, 0.1) is 0 Å². The van der Waals surface area contributed by atoms with Gasteiger partial charge in [0, 0.05) is 11.8 Å². The van der Waals surface area contributed by atoms with E-state index >= 15 is 0 Å². The van der Waals surface area contributed by atoms with E-state index in [-0.39, 0.29) is 23.0 Å². The molecule has 0 fully saturated rings. The van der Waals surface area contributed by atoms with Crippen LogP contribution in [-0.2, 0) is 12.8 Å². The van der Waals surface area contributed by atoms with Gasteiger partial charge in [0.25, 0.3) is 0 Å². The highest BCUT2D eigenvalue weighted by atomic mass is 16.4. The van der Waals surface area contributed by atoms with Gasteiger partial charge < -0.3 is 5.11 Å². The molecule has 0 radical (unpaired) electrons. The molecule has 1 N–H and O–H groups in total. The van der Waals surface area contributed by atoms with Crippen molar-refractivity contribution in [2.75, 3.05) is 0 Å². The molecule has 0 unspecified atom stereocenters. The van der Waals surface area contributed by atoms with E-state index in [2.05, 4.69) is 17.1 Å². The lowest BCUT2D eigenvalue weighted by molar-refractivity contribution is 0.0686. The molecule has 1 heterocycles. The zero-order valence-electron chi connectivity index (χ0n) is 14.1. The van der Waals surface area contributed by atoms with Crippen LogP contribution in [0.4, 0.5) is 0 Å². The van der Waals surface area contributed by atoms with Crippen LogP contribution >= 0.6 is 0 Å². The van der Waals surface area contributed by atoms with Crippen LogP contribution in [-0.4, -0.2) is 21.8 Å². The maximum Gasteiger partial charge on any atom is 0.355 e. The average Bonchev–Trinajstić information content (AvgIpc) is 3.11. The standard InChI is InChI=1S/C22H17NO3/c24-21(14-6-2-1-3-7-14)19-18(10-11-23-20(19)22(25)26)17-12-15-8-4-5-9-16(15)13-17/h1-11,17H,12-13H2,(H,25,26). The van der Waals surface area contributed by atoms with Gasteiger partial charge in [-0.05, 0) is 41.5 Å². The van der Waals surface area contributed by atoms with Gasteiger partial charge in [0.05, 0.1) is 5.56 Å². The average molecular weight is 343 g/mol. The summed E-state index contributed by atoms with van der Waals surface area (Å²) >= 11 is 0. The molecule has 2 aromatic carbocycles. The first-order valence-electron chi connectivity index (χ1n) is 8.54. The van der Waals surface area contributed by atoms with Gasteiger partial charge in [-0.2, -0.15) is 0 Å². The summed E-state index contributed by atoms with van der Waals surface area (Å²) in [6.45, 7) is 0. The lowest BCUT2D eigenvalue weighted by atomic mass is 9.88. The number of carbonyl (C=O) groups excluding carboxylic acids is 1. The van der Waals surface area contributed by atoms with Crippen LogP contribution in [0.25, 0.3) is 0 Å². The van der Waals surface area contributed by atoms with Crippen LogP contribution in [0.15, 0.2) is 66.9 Å². The number of carbonyl (C=O) groups is 2. The minimum Gasteiger partial charge on any atom is -0.476 e. The summed E-state index contributed by atoms with van der Waals surface area (Å²) < 4.78 is 0. The summed E-state index contributed by atoms with van der Waals surface area (Å²) in [6, 6.07) is 18.8. The Morgan fingerprint density at radius 1 is 0.885 bits per heavy atom. The van der Waals surface area contributed by atoms with E-state index in [0.29, 0.717) is 5.56 Å². The molecule has 0 saturated heterocycles. The molecule has 0 atom stereocenters. The summed E-state index contributed by atoms with van der Waals surface area (Å²) in [4.78, 5) is 28.8. The molecule has 3 aromatic rings. The van der Waals surface area contributed by atoms with Crippen LogP contribution in [0.1, 0.15) is 49.0 Å². The molecule has 0 bridgehead atoms. The van der Waals surface area contributed by atoms with E-state index < -0.39 is 5.97 Å². The fourth-order valence-electron chi connectivity index (χ4n) is 3.73. The second kappa shape index (κ2) is 6.56. The number of pyridine rings is 1. The van der Waals surface area contributed by atoms with Crippen molar-refractivity contribution in [3.63, 3.8) is 0 Å². The Kier molecular flexibility index (Phi) is 4.09. The molecule has 4 heteroatoms. The normalized spacial score (nSPS) is 13.4. The first-order chi connectivity index (χ1) is 12.6. The predicted molar refractivity (Wildman–Crippen MR) is 97.7 cm³/mol. The summed E-state index contributed by atoms with van der Waals surface area (Å²) in [6.07, 6.45) is 3.09. The van der Waals surface area contributed by atoms with Gasteiger partial charge in [-0.25, -0.2) is 9.78 Å². The predicted octanol–water partition coefficient (Wildman–Crippen LogP) is 3.89. The quantitative estimate of drug-likeness (QED) is 0.730. The Bertz CT molecular complexity index is 970. The second-order valence-corrected chi connectivity index (χ2v) is 6.50. The van der Waals surface area contributed by atoms with Crippen molar-refractivity contribution in [3.8, 4) is 0 Å². The number of aromatic nitrogens is 1. The van der Waals surface area contributed by atoms with Gasteiger partial charge in [-0.3, -0.25) is 4.79 Å². The van der Waals surface area contributed by atoms with Gasteiger partial charge in [0.1, 0.15) is 0 Å². The summed E-state index contributed by atoms with van der Waals surface area (Å²) in [5.74, 6) is -1.39. The zero-order chi connectivity index (χ0) is 18.1.